The Balaban J connectivity index is 1.28. The van der Waals surface area contributed by atoms with E-state index in [-0.39, 0.29) is 23.5 Å². The molecule has 0 aromatic heterocycles. The molecule has 1 aliphatic heterocycles. The molecule has 4 unspecified atom stereocenters. The highest BCUT2D eigenvalue weighted by atomic mass is 16.5. The fourth-order valence-corrected chi connectivity index (χ4v) is 6.87. The lowest BCUT2D eigenvalue weighted by Gasteiger charge is -2.55. The summed E-state index contributed by atoms with van der Waals surface area (Å²) in [6.45, 7) is 3.24. The summed E-state index contributed by atoms with van der Waals surface area (Å²) in [7, 11) is 1.81. The lowest BCUT2D eigenvalue weighted by molar-refractivity contribution is -0.0678. The molecule has 1 heterocycles. The van der Waals surface area contributed by atoms with Crippen molar-refractivity contribution in [3.8, 4) is 5.75 Å². The Morgan fingerprint density at radius 3 is 2.69 bits per heavy atom. The van der Waals surface area contributed by atoms with Crippen molar-refractivity contribution in [2.75, 3.05) is 26.7 Å². The highest BCUT2D eigenvalue weighted by Gasteiger charge is 2.53. The van der Waals surface area contributed by atoms with Crippen molar-refractivity contribution in [3.63, 3.8) is 0 Å². The molecule has 0 spiro atoms. The number of carbonyl (C=O) groups excluding carboxylic acids is 1. The molecule has 5 nitrogen and oxygen atoms in total. The molecule has 36 heavy (non-hydrogen) atoms. The summed E-state index contributed by atoms with van der Waals surface area (Å²) >= 11 is 0. The molecule has 2 aliphatic carbocycles. The third-order valence-corrected chi connectivity index (χ3v) is 8.90. The van der Waals surface area contributed by atoms with Gasteiger partial charge in [-0.3, -0.25) is 4.79 Å². The van der Waals surface area contributed by atoms with Gasteiger partial charge in [-0.2, -0.15) is 0 Å². The summed E-state index contributed by atoms with van der Waals surface area (Å²) in [6, 6.07) is 21.8. The van der Waals surface area contributed by atoms with Gasteiger partial charge in [-0.05, 0) is 85.2 Å². The summed E-state index contributed by atoms with van der Waals surface area (Å²) in [5.41, 5.74) is 1.72. The van der Waals surface area contributed by atoms with Crippen molar-refractivity contribution >= 4 is 16.7 Å². The van der Waals surface area contributed by atoms with Crippen molar-refractivity contribution in [1.82, 2.24) is 10.2 Å². The molecule has 1 amide bonds. The summed E-state index contributed by atoms with van der Waals surface area (Å²) in [4.78, 5) is 16.0. The van der Waals surface area contributed by atoms with Gasteiger partial charge in [0.25, 0.3) is 5.91 Å². The molecule has 1 saturated heterocycles. The zero-order chi connectivity index (χ0) is 24.7. The number of nitrogens with zero attached hydrogens (tertiary/aromatic N) is 1. The van der Waals surface area contributed by atoms with Crippen LogP contribution in [-0.4, -0.2) is 54.8 Å². The second-order valence-corrected chi connectivity index (χ2v) is 11.2. The monoisotopic (exact) mass is 484 g/mol. The van der Waals surface area contributed by atoms with Crippen LogP contribution in [0.3, 0.4) is 0 Å². The van der Waals surface area contributed by atoms with Crippen molar-refractivity contribution < 1.29 is 14.6 Å². The first-order valence-electron chi connectivity index (χ1n) is 13.4. The van der Waals surface area contributed by atoms with Gasteiger partial charge in [-0.25, -0.2) is 0 Å². The molecule has 2 saturated carbocycles. The number of carbonyl (C=O) groups is 1. The Morgan fingerprint density at radius 1 is 1.08 bits per heavy atom. The summed E-state index contributed by atoms with van der Waals surface area (Å²) in [5, 5.41) is 15.9. The minimum absolute atomic E-state index is 0.00232. The topological polar surface area (TPSA) is 61.8 Å². The molecular weight excluding hydrogens is 448 g/mol. The number of fused-ring (bicyclic) bond motifs is 2. The van der Waals surface area contributed by atoms with E-state index in [0.717, 1.165) is 49.0 Å². The number of aromatic hydroxyl groups is 1. The normalized spacial score (nSPS) is 28.5. The third kappa shape index (κ3) is 4.51. The van der Waals surface area contributed by atoms with E-state index in [1.165, 1.54) is 24.9 Å². The molecule has 4 atom stereocenters. The largest absolute Gasteiger partial charge is 0.508 e. The first-order valence-corrected chi connectivity index (χ1v) is 13.4. The SMILES string of the molecule is COC1CC(NC(=O)c2ccc3ccccc3c2)CC2(c3cccc(O)c3)CCN(CC3CC3)CC12. The number of rotatable bonds is 6. The minimum atomic E-state index is -0.140. The van der Waals surface area contributed by atoms with Crippen LogP contribution in [0, 0.1) is 11.8 Å². The molecule has 0 radical (unpaired) electrons. The van der Waals surface area contributed by atoms with E-state index in [0.29, 0.717) is 17.2 Å². The molecule has 6 rings (SSSR count). The Kier molecular flexibility index (Phi) is 6.22. The summed E-state index contributed by atoms with van der Waals surface area (Å²) in [6.07, 6.45) is 5.43. The maximum Gasteiger partial charge on any atom is 0.251 e. The van der Waals surface area contributed by atoms with Crippen LogP contribution < -0.4 is 5.32 Å². The van der Waals surface area contributed by atoms with Gasteiger partial charge in [-0.15, -0.1) is 0 Å². The molecular formula is C31H36N2O3. The predicted molar refractivity (Wildman–Crippen MR) is 142 cm³/mol. The van der Waals surface area contributed by atoms with Gasteiger partial charge in [0.15, 0.2) is 0 Å². The molecule has 3 fully saturated rings. The number of benzene rings is 3. The van der Waals surface area contributed by atoms with Crippen LogP contribution in [0.1, 0.15) is 48.0 Å². The fraction of sp³-hybridized carbons (Fsp3) is 0.452. The number of phenols is 1. The number of nitrogens with one attached hydrogen (secondary N) is 1. The second-order valence-electron chi connectivity index (χ2n) is 11.2. The number of likely N-dealkylation sites (tertiary alicyclic amines) is 1. The number of phenolic OH excluding ortho intramolecular Hbond substituents is 1. The number of hydrogen-bond acceptors (Lipinski definition) is 4. The van der Waals surface area contributed by atoms with Crippen LogP contribution in [-0.2, 0) is 10.2 Å². The van der Waals surface area contributed by atoms with Crippen LogP contribution in [0.5, 0.6) is 5.75 Å². The average molecular weight is 485 g/mol. The van der Waals surface area contributed by atoms with Crippen LogP contribution in [0.4, 0.5) is 0 Å². The fourth-order valence-electron chi connectivity index (χ4n) is 6.87. The van der Waals surface area contributed by atoms with E-state index >= 15 is 0 Å². The van der Waals surface area contributed by atoms with Gasteiger partial charge in [0.05, 0.1) is 6.10 Å². The predicted octanol–water partition coefficient (Wildman–Crippen LogP) is 5.12. The van der Waals surface area contributed by atoms with E-state index in [1.54, 1.807) is 6.07 Å². The standard InChI is InChI=1S/C31H36N2O3/c1-36-29-17-26(32-30(35)24-12-11-22-5-2-3-6-23(22)15-24)18-31(25-7-4-8-27(34)16-25)13-14-33(20-28(29)31)19-21-9-10-21/h2-8,11-12,15-16,21,26,28-29,34H,9-10,13-14,17-20H2,1H3,(H,32,35). The number of hydrogen-bond donors (Lipinski definition) is 2. The smallest absolute Gasteiger partial charge is 0.251 e. The highest BCUT2D eigenvalue weighted by Crippen LogP contribution is 2.51. The average Bonchev–Trinajstić information content (AvgIpc) is 3.72. The van der Waals surface area contributed by atoms with Gasteiger partial charge < -0.3 is 20.1 Å². The zero-order valence-electron chi connectivity index (χ0n) is 21.0. The molecule has 5 heteroatoms. The van der Waals surface area contributed by atoms with Crippen LogP contribution in [0.15, 0.2) is 66.7 Å². The van der Waals surface area contributed by atoms with Gasteiger partial charge in [0.1, 0.15) is 5.75 Å². The second kappa shape index (κ2) is 9.53. The molecule has 0 bridgehead atoms. The first kappa shape index (κ1) is 23.5. The Labute approximate surface area is 213 Å². The Hall–Kier alpha value is -2.89. The lowest BCUT2D eigenvalue weighted by Crippen LogP contribution is -2.61. The van der Waals surface area contributed by atoms with Crippen LogP contribution in [0.25, 0.3) is 10.8 Å². The van der Waals surface area contributed by atoms with Crippen LogP contribution >= 0.6 is 0 Å². The van der Waals surface area contributed by atoms with Gasteiger partial charge in [0, 0.05) is 43.1 Å². The van der Waals surface area contributed by atoms with E-state index in [9.17, 15) is 9.90 Å². The van der Waals surface area contributed by atoms with E-state index in [4.69, 9.17) is 4.74 Å². The van der Waals surface area contributed by atoms with E-state index in [2.05, 4.69) is 22.3 Å². The molecule has 3 aromatic rings. The van der Waals surface area contributed by atoms with Gasteiger partial charge in [-0.1, -0.05) is 42.5 Å². The number of amides is 1. The van der Waals surface area contributed by atoms with E-state index in [1.807, 2.05) is 55.6 Å². The van der Waals surface area contributed by atoms with Gasteiger partial charge >= 0.3 is 0 Å². The van der Waals surface area contributed by atoms with E-state index < -0.39 is 0 Å². The first-order chi connectivity index (χ1) is 17.5. The maximum atomic E-state index is 13.4. The number of methoxy groups -OCH3 is 1. The molecule has 2 N–H and O–H groups in total. The third-order valence-electron chi connectivity index (χ3n) is 8.90. The molecule has 3 aliphatic rings. The Morgan fingerprint density at radius 2 is 1.92 bits per heavy atom. The van der Waals surface area contributed by atoms with Crippen LogP contribution in [0.2, 0.25) is 0 Å². The molecule has 3 aromatic carbocycles. The Bertz CT molecular complexity index is 1260. The maximum absolute atomic E-state index is 13.4. The van der Waals surface area contributed by atoms with Crippen molar-refractivity contribution in [2.45, 2.75) is 49.7 Å². The van der Waals surface area contributed by atoms with Gasteiger partial charge in [0.2, 0.25) is 0 Å². The minimum Gasteiger partial charge on any atom is -0.508 e. The summed E-state index contributed by atoms with van der Waals surface area (Å²) < 4.78 is 6.14. The van der Waals surface area contributed by atoms with Crippen molar-refractivity contribution in [2.24, 2.45) is 11.8 Å². The summed E-state index contributed by atoms with van der Waals surface area (Å²) in [5.74, 6) is 1.45. The quantitative estimate of drug-likeness (QED) is 0.510. The zero-order valence-corrected chi connectivity index (χ0v) is 21.0. The van der Waals surface area contributed by atoms with Crippen molar-refractivity contribution in [3.05, 3.63) is 77.9 Å². The number of piperidine rings is 1. The van der Waals surface area contributed by atoms with Crippen molar-refractivity contribution in [1.29, 1.82) is 0 Å². The molecule has 188 valence electrons. The highest BCUT2D eigenvalue weighted by molar-refractivity contribution is 5.98. The number of ether oxygens (including phenoxy) is 1. The lowest BCUT2D eigenvalue weighted by atomic mass is 9.57.